The van der Waals surface area contributed by atoms with Gasteiger partial charge in [-0.25, -0.2) is 18.0 Å². The number of hydrogen-bond donors (Lipinski definition) is 0. The van der Waals surface area contributed by atoms with E-state index in [0.29, 0.717) is 11.5 Å². The number of carbonyl (C=O) groups excluding carboxylic acids is 1. The summed E-state index contributed by atoms with van der Waals surface area (Å²) in [5, 5.41) is 0.199. The highest BCUT2D eigenvalue weighted by atomic mass is 32.2. The van der Waals surface area contributed by atoms with Crippen LogP contribution >= 0.6 is 11.8 Å². The first-order valence-electron chi connectivity index (χ1n) is 9.45. The molecule has 11 heteroatoms. The highest BCUT2D eigenvalue weighted by Crippen LogP contribution is 2.33. The molecule has 4 rings (SSSR count). The van der Waals surface area contributed by atoms with Gasteiger partial charge in [0.1, 0.15) is 17.2 Å². The third-order valence-electron chi connectivity index (χ3n) is 4.41. The molecule has 1 atom stereocenters. The molecule has 0 N–H and O–H groups in total. The van der Waals surface area contributed by atoms with Gasteiger partial charge >= 0.3 is 12.0 Å². The Bertz CT molecular complexity index is 1250. The van der Waals surface area contributed by atoms with E-state index in [1.165, 1.54) is 31.2 Å². The minimum Gasteiger partial charge on any atom is -0.457 e. The molecule has 0 aliphatic carbocycles. The molecule has 2 heterocycles. The van der Waals surface area contributed by atoms with Gasteiger partial charge in [-0.05, 0) is 55.5 Å². The maximum Gasteiger partial charge on any atom is 0.519 e. The van der Waals surface area contributed by atoms with Crippen LogP contribution in [0, 0.1) is 6.92 Å². The predicted molar refractivity (Wildman–Crippen MR) is 114 cm³/mol. The maximum absolute atomic E-state index is 12.3. The van der Waals surface area contributed by atoms with Gasteiger partial charge in [-0.1, -0.05) is 0 Å². The summed E-state index contributed by atoms with van der Waals surface area (Å²) in [6.45, 7) is 1.20. The fourth-order valence-corrected chi connectivity index (χ4v) is 5.36. The van der Waals surface area contributed by atoms with Crippen LogP contribution in [0.15, 0.2) is 67.1 Å². The molecular weight excluding hydrogens is 460 g/mol. The molecule has 1 aliphatic rings. The van der Waals surface area contributed by atoms with Gasteiger partial charge < -0.3 is 23.0 Å². The second-order valence-corrected chi connectivity index (χ2v) is 10.2. The van der Waals surface area contributed by atoms with E-state index in [9.17, 15) is 18.0 Å². The van der Waals surface area contributed by atoms with Crippen molar-refractivity contribution in [1.82, 2.24) is 0 Å². The van der Waals surface area contributed by atoms with E-state index in [0.717, 1.165) is 5.75 Å². The molecule has 2 aromatic carbocycles. The van der Waals surface area contributed by atoms with Crippen molar-refractivity contribution in [3.05, 3.63) is 70.7 Å². The van der Waals surface area contributed by atoms with Crippen LogP contribution in [0.25, 0.3) is 0 Å². The summed E-state index contributed by atoms with van der Waals surface area (Å²) in [6.07, 6.45) is -0.983. The molecule has 32 heavy (non-hydrogen) atoms. The Morgan fingerprint density at radius 2 is 1.62 bits per heavy atom. The fraction of sp³-hybridized carbons (Fsp3) is 0.238. The Morgan fingerprint density at radius 3 is 2.19 bits per heavy atom. The van der Waals surface area contributed by atoms with Crippen molar-refractivity contribution < 1.29 is 36.3 Å². The van der Waals surface area contributed by atoms with Gasteiger partial charge in [0.05, 0.1) is 10.6 Å². The van der Waals surface area contributed by atoms with Crippen molar-refractivity contribution in [1.29, 1.82) is 0 Å². The van der Waals surface area contributed by atoms with Crippen molar-refractivity contribution in [3.8, 4) is 17.2 Å². The number of thioether (sulfide) groups is 1. The van der Waals surface area contributed by atoms with E-state index in [-0.39, 0.29) is 39.8 Å². The summed E-state index contributed by atoms with van der Waals surface area (Å²) < 4.78 is 49.6. The van der Waals surface area contributed by atoms with Gasteiger partial charge in [-0.15, -0.1) is 0 Å². The monoisotopic (exact) mass is 478 g/mol. The number of benzene rings is 2. The summed E-state index contributed by atoms with van der Waals surface area (Å²) >= 11 is 1.64. The van der Waals surface area contributed by atoms with Crippen molar-refractivity contribution >= 4 is 27.8 Å². The van der Waals surface area contributed by atoms with E-state index < -0.39 is 21.8 Å². The predicted octanol–water partition coefficient (Wildman–Crippen LogP) is 3.94. The van der Waals surface area contributed by atoms with Gasteiger partial charge in [0.2, 0.25) is 0 Å². The van der Waals surface area contributed by atoms with Crippen molar-refractivity contribution in [2.75, 3.05) is 11.5 Å². The first-order chi connectivity index (χ1) is 15.3. The Labute approximate surface area is 187 Å². The summed E-state index contributed by atoms with van der Waals surface area (Å²) in [5.41, 5.74) is 0. The van der Waals surface area contributed by atoms with E-state index >= 15 is 0 Å². The molecule has 3 aromatic rings. The lowest BCUT2D eigenvalue weighted by Gasteiger charge is -2.09. The van der Waals surface area contributed by atoms with Crippen LogP contribution in [0.3, 0.4) is 0 Å². The van der Waals surface area contributed by atoms with Crippen LogP contribution in [0.2, 0.25) is 0 Å². The van der Waals surface area contributed by atoms with E-state index in [2.05, 4.69) is 4.42 Å². The van der Waals surface area contributed by atoms with Crippen LogP contribution < -0.4 is 15.3 Å². The van der Waals surface area contributed by atoms with E-state index in [4.69, 9.17) is 18.6 Å². The molecule has 0 saturated carbocycles. The molecule has 0 spiro atoms. The van der Waals surface area contributed by atoms with Gasteiger partial charge in [0.25, 0.3) is 0 Å². The normalized spacial score (nSPS) is 15.2. The van der Waals surface area contributed by atoms with Crippen LogP contribution in [0.1, 0.15) is 11.5 Å². The molecule has 1 aromatic heterocycles. The van der Waals surface area contributed by atoms with Gasteiger partial charge in [-0.3, -0.25) is 0 Å². The fourth-order valence-electron chi connectivity index (χ4n) is 2.69. The van der Waals surface area contributed by atoms with Crippen LogP contribution in [0.4, 0.5) is 4.79 Å². The lowest BCUT2D eigenvalue weighted by molar-refractivity contribution is 0.0857. The second-order valence-electron chi connectivity index (χ2n) is 6.86. The third-order valence-corrected chi connectivity index (χ3v) is 7.42. The zero-order valence-electron chi connectivity index (χ0n) is 16.8. The van der Waals surface area contributed by atoms with Crippen molar-refractivity contribution in [3.63, 3.8) is 0 Å². The van der Waals surface area contributed by atoms with E-state index in [1.54, 1.807) is 36.0 Å². The first kappa shape index (κ1) is 22.0. The number of carbonyl (C=O) groups is 1. The van der Waals surface area contributed by atoms with Gasteiger partial charge in [0.15, 0.2) is 28.0 Å². The average Bonchev–Trinajstić information content (AvgIpc) is 3.49. The molecular formula is C21H18O9S2. The Kier molecular flexibility index (Phi) is 6.28. The molecule has 168 valence electrons. The lowest BCUT2D eigenvalue weighted by Crippen LogP contribution is -2.10. The topological polar surface area (TPSA) is 122 Å². The van der Waals surface area contributed by atoms with Crippen molar-refractivity contribution in [2.45, 2.75) is 23.7 Å². The van der Waals surface area contributed by atoms with Gasteiger partial charge in [0, 0.05) is 11.0 Å². The largest absolute Gasteiger partial charge is 0.519 e. The smallest absolute Gasteiger partial charge is 0.457 e. The standard InChI is InChI=1S/C21H18O9S2/c1-13-19(30-21(23)27-13)10-26-20(22)29-16-4-2-14(3-5-16)28-15-6-8-18(9-7-15)32(24,25)12-17-11-31-17/h2-9,17H,10-12H2,1H3. The van der Waals surface area contributed by atoms with Crippen LogP contribution in [0.5, 0.6) is 17.2 Å². The van der Waals surface area contributed by atoms with Crippen molar-refractivity contribution in [2.24, 2.45) is 0 Å². The molecule has 0 amide bonds. The lowest BCUT2D eigenvalue weighted by atomic mass is 10.3. The van der Waals surface area contributed by atoms with Crippen LogP contribution in [-0.4, -0.2) is 31.3 Å². The molecule has 1 unspecified atom stereocenters. The minimum absolute atomic E-state index is 0.0981. The second kappa shape index (κ2) is 9.13. The molecule has 1 aliphatic heterocycles. The molecule has 0 radical (unpaired) electrons. The number of hydrogen-bond acceptors (Lipinski definition) is 10. The molecule has 1 fully saturated rings. The highest BCUT2D eigenvalue weighted by molar-refractivity contribution is 8.08. The molecule has 9 nitrogen and oxygen atoms in total. The minimum atomic E-state index is -3.29. The van der Waals surface area contributed by atoms with Crippen LogP contribution in [-0.2, 0) is 21.2 Å². The number of aryl methyl sites for hydroxylation is 1. The zero-order chi connectivity index (χ0) is 22.7. The maximum atomic E-state index is 12.3. The third kappa shape index (κ3) is 5.74. The zero-order valence-corrected chi connectivity index (χ0v) is 18.4. The Hall–Kier alpha value is -3.18. The molecule has 0 bridgehead atoms. The highest BCUT2D eigenvalue weighted by Gasteiger charge is 2.29. The number of ether oxygens (including phenoxy) is 3. The molecule has 1 saturated heterocycles. The van der Waals surface area contributed by atoms with E-state index in [1.807, 2.05) is 0 Å². The quantitative estimate of drug-likeness (QED) is 0.267. The summed E-state index contributed by atoms with van der Waals surface area (Å²) in [7, 11) is -3.29. The van der Waals surface area contributed by atoms with Gasteiger partial charge in [-0.2, -0.15) is 11.8 Å². The summed E-state index contributed by atoms with van der Waals surface area (Å²) in [5.74, 6) is 1.63. The first-order valence-corrected chi connectivity index (χ1v) is 12.1. The summed E-state index contributed by atoms with van der Waals surface area (Å²) in [4.78, 5) is 23.0. The number of sulfone groups is 1. The average molecular weight is 479 g/mol. The number of rotatable bonds is 8. The SMILES string of the molecule is Cc1oc(=O)oc1COC(=O)Oc1ccc(Oc2ccc(S(=O)(=O)CC3CS3)cc2)cc1. The Morgan fingerprint density at radius 1 is 1.03 bits per heavy atom. The Balaban J connectivity index is 1.30. The summed E-state index contributed by atoms with van der Waals surface area (Å²) in [6, 6.07) is 12.4.